The lowest BCUT2D eigenvalue weighted by molar-refractivity contribution is -0.131. The van der Waals surface area contributed by atoms with Gasteiger partial charge in [0.1, 0.15) is 12.3 Å². The Bertz CT molecular complexity index is 1040. The molecular weight excluding hydrogens is 394 g/mol. The van der Waals surface area contributed by atoms with Gasteiger partial charge in [0.2, 0.25) is 5.91 Å². The second kappa shape index (κ2) is 8.06. The Morgan fingerprint density at radius 3 is 2.52 bits per heavy atom. The summed E-state index contributed by atoms with van der Waals surface area (Å²) in [5.41, 5.74) is 3.43. The molecule has 3 aliphatic heterocycles. The van der Waals surface area contributed by atoms with Crippen LogP contribution in [0.15, 0.2) is 42.5 Å². The van der Waals surface area contributed by atoms with E-state index in [1.165, 1.54) is 10.5 Å². The number of amides is 3. The van der Waals surface area contributed by atoms with E-state index in [9.17, 15) is 14.4 Å². The third-order valence-electron chi connectivity index (χ3n) is 6.32. The lowest BCUT2D eigenvalue weighted by Gasteiger charge is -2.32. The third kappa shape index (κ3) is 3.76. The first-order valence-corrected chi connectivity index (χ1v) is 10.8. The summed E-state index contributed by atoms with van der Waals surface area (Å²) in [5.74, 6) is 0.107. The molecule has 5 rings (SSSR count). The van der Waals surface area contributed by atoms with Gasteiger partial charge in [0.25, 0.3) is 11.8 Å². The fourth-order valence-electron chi connectivity index (χ4n) is 4.56. The van der Waals surface area contributed by atoms with Crippen molar-refractivity contribution in [3.63, 3.8) is 0 Å². The molecule has 2 aromatic carbocycles. The maximum Gasteiger partial charge on any atom is 0.265 e. The number of carbonyl (C=O) groups excluding carboxylic acids is 3. The van der Waals surface area contributed by atoms with Gasteiger partial charge in [-0.2, -0.15) is 0 Å². The van der Waals surface area contributed by atoms with E-state index >= 15 is 0 Å². The zero-order valence-electron chi connectivity index (χ0n) is 17.4. The maximum absolute atomic E-state index is 13.2. The molecule has 7 nitrogen and oxygen atoms in total. The summed E-state index contributed by atoms with van der Waals surface area (Å²) in [6.07, 6.45) is 2.82. The standard InChI is InChI=1S/C24H25N3O4/c28-22(25-10-3-4-11-25)15-27-20-13-18(7-8-21(20)31-16-23(27)29)24(30)26-12-9-17-5-1-2-6-19(17)14-26/h1-2,5-8,13H,3-4,9-12,14-16H2. The van der Waals surface area contributed by atoms with Crippen LogP contribution in [-0.4, -0.2) is 60.3 Å². The highest BCUT2D eigenvalue weighted by Crippen LogP contribution is 2.34. The molecule has 3 aliphatic rings. The van der Waals surface area contributed by atoms with Gasteiger partial charge < -0.3 is 14.5 Å². The van der Waals surface area contributed by atoms with Crippen molar-refractivity contribution in [2.75, 3.05) is 37.7 Å². The summed E-state index contributed by atoms with van der Waals surface area (Å²) in [6, 6.07) is 13.3. The van der Waals surface area contributed by atoms with Crippen molar-refractivity contribution in [3.8, 4) is 5.75 Å². The number of fused-ring (bicyclic) bond motifs is 2. The first-order chi connectivity index (χ1) is 15.1. The van der Waals surface area contributed by atoms with Gasteiger partial charge in [-0.25, -0.2) is 0 Å². The predicted molar refractivity (Wildman–Crippen MR) is 115 cm³/mol. The molecule has 160 valence electrons. The number of benzene rings is 2. The average molecular weight is 419 g/mol. The van der Waals surface area contributed by atoms with Crippen molar-refractivity contribution in [1.82, 2.24) is 9.80 Å². The fourth-order valence-corrected chi connectivity index (χ4v) is 4.56. The molecule has 7 heteroatoms. The summed E-state index contributed by atoms with van der Waals surface area (Å²) in [5, 5.41) is 0. The molecule has 0 atom stereocenters. The van der Waals surface area contributed by atoms with Crippen LogP contribution in [0.1, 0.15) is 34.3 Å². The number of nitrogens with zero attached hydrogens (tertiary/aromatic N) is 3. The first kappa shape index (κ1) is 19.6. The molecular formula is C24H25N3O4. The second-order valence-corrected chi connectivity index (χ2v) is 8.28. The van der Waals surface area contributed by atoms with Crippen LogP contribution in [0.4, 0.5) is 5.69 Å². The number of carbonyl (C=O) groups is 3. The van der Waals surface area contributed by atoms with E-state index in [0.29, 0.717) is 30.1 Å². The summed E-state index contributed by atoms with van der Waals surface area (Å²) >= 11 is 0. The van der Waals surface area contributed by atoms with E-state index < -0.39 is 0 Å². The molecule has 1 saturated heterocycles. The minimum absolute atomic E-state index is 0.0239. The normalized spacial score (nSPS) is 17.8. The smallest absolute Gasteiger partial charge is 0.265 e. The van der Waals surface area contributed by atoms with Crippen LogP contribution in [0, 0.1) is 0 Å². The van der Waals surface area contributed by atoms with Gasteiger partial charge in [-0.1, -0.05) is 24.3 Å². The molecule has 0 N–H and O–H groups in total. The zero-order valence-corrected chi connectivity index (χ0v) is 17.4. The van der Waals surface area contributed by atoms with Crippen LogP contribution in [0.2, 0.25) is 0 Å². The van der Waals surface area contributed by atoms with E-state index in [-0.39, 0.29) is 30.9 Å². The van der Waals surface area contributed by atoms with Crippen LogP contribution in [0.3, 0.4) is 0 Å². The molecule has 0 bridgehead atoms. The Kier molecular flexibility index (Phi) is 5.10. The summed E-state index contributed by atoms with van der Waals surface area (Å²) < 4.78 is 5.56. The Morgan fingerprint density at radius 1 is 0.935 bits per heavy atom. The number of hydrogen-bond acceptors (Lipinski definition) is 4. The lowest BCUT2D eigenvalue weighted by Crippen LogP contribution is -2.46. The van der Waals surface area contributed by atoms with Gasteiger partial charge in [0.05, 0.1) is 5.69 Å². The summed E-state index contributed by atoms with van der Waals surface area (Å²) in [4.78, 5) is 43.5. The molecule has 3 heterocycles. The number of rotatable bonds is 3. The van der Waals surface area contributed by atoms with E-state index in [2.05, 4.69) is 12.1 Å². The molecule has 31 heavy (non-hydrogen) atoms. The Labute approximate surface area is 181 Å². The first-order valence-electron chi connectivity index (χ1n) is 10.8. The van der Waals surface area contributed by atoms with Crippen LogP contribution >= 0.6 is 0 Å². The molecule has 0 aliphatic carbocycles. The third-order valence-corrected chi connectivity index (χ3v) is 6.32. The van der Waals surface area contributed by atoms with Gasteiger partial charge >= 0.3 is 0 Å². The second-order valence-electron chi connectivity index (χ2n) is 8.28. The molecule has 1 fully saturated rings. The van der Waals surface area contributed by atoms with Crippen molar-refractivity contribution in [2.45, 2.75) is 25.8 Å². The molecule has 3 amide bonds. The van der Waals surface area contributed by atoms with Gasteiger partial charge in [0, 0.05) is 31.7 Å². The van der Waals surface area contributed by atoms with Crippen molar-refractivity contribution in [1.29, 1.82) is 0 Å². The van der Waals surface area contributed by atoms with E-state index in [1.807, 2.05) is 17.0 Å². The van der Waals surface area contributed by atoms with Crippen LogP contribution in [0.5, 0.6) is 5.75 Å². The summed E-state index contributed by atoms with van der Waals surface area (Å²) in [7, 11) is 0. The summed E-state index contributed by atoms with van der Waals surface area (Å²) in [6.45, 7) is 2.57. The van der Waals surface area contributed by atoms with Crippen molar-refractivity contribution >= 4 is 23.4 Å². The molecule has 0 unspecified atom stereocenters. The lowest BCUT2D eigenvalue weighted by atomic mass is 9.99. The SMILES string of the molecule is O=C(CN1C(=O)COc2ccc(C(=O)N3CCc4ccccc4C3)cc21)N1CCCC1. The largest absolute Gasteiger partial charge is 0.482 e. The number of ether oxygens (including phenoxy) is 1. The van der Waals surface area contributed by atoms with E-state index in [0.717, 1.165) is 37.9 Å². The van der Waals surface area contributed by atoms with Crippen LogP contribution < -0.4 is 9.64 Å². The highest BCUT2D eigenvalue weighted by atomic mass is 16.5. The molecule has 0 aromatic heterocycles. The number of anilines is 1. The zero-order chi connectivity index (χ0) is 21.4. The van der Waals surface area contributed by atoms with Crippen molar-refractivity contribution < 1.29 is 19.1 Å². The minimum atomic E-state index is -0.267. The van der Waals surface area contributed by atoms with Crippen molar-refractivity contribution in [3.05, 3.63) is 59.2 Å². The number of hydrogen-bond donors (Lipinski definition) is 0. The molecule has 0 saturated carbocycles. The topological polar surface area (TPSA) is 70.2 Å². The molecule has 0 radical (unpaired) electrons. The van der Waals surface area contributed by atoms with Crippen molar-refractivity contribution in [2.24, 2.45) is 0 Å². The number of likely N-dealkylation sites (tertiary alicyclic amines) is 1. The Balaban J connectivity index is 1.38. The average Bonchev–Trinajstić information content (AvgIpc) is 3.35. The van der Waals surface area contributed by atoms with E-state index in [1.54, 1.807) is 23.1 Å². The van der Waals surface area contributed by atoms with Gasteiger partial charge in [-0.3, -0.25) is 19.3 Å². The monoisotopic (exact) mass is 419 g/mol. The van der Waals surface area contributed by atoms with Gasteiger partial charge in [-0.05, 0) is 48.6 Å². The highest BCUT2D eigenvalue weighted by molar-refractivity contribution is 6.04. The fraction of sp³-hybridized carbons (Fsp3) is 0.375. The quantitative estimate of drug-likeness (QED) is 0.765. The maximum atomic E-state index is 13.2. The van der Waals surface area contributed by atoms with E-state index in [4.69, 9.17) is 4.74 Å². The predicted octanol–water partition coefficient (Wildman–Crippen LogP) is 2.23. The van der Waals surface area contributed by atoms with Gasteiger partial charge in [-0.15, -0.1) is 0 Å². The Hall–Kier alpha value is -3.35. The molecule has 2 aromatic rings. The minimum Gasteiger partial charge on any atom is -0.482 e. The van der Waals surface area contributed by atoms with Crippen LogP contribution in [-0.2, 0) is 22.6 Å². The van der Waals surface area contributed by atoms with Gasteiger partial charge in [0.15, 0.2) is 6.61 Å². The Morgan fingerprint density at radius 2 is 1.71 bits per heavy atom. The highest BCUT2D eigenvalue weighted by Gasteiger charge is 2.31. The van der Waals surface area contributed by atoms with Crippen LogP contribution in [0.25, 0.3) is 0 Å². The molecule has 0 spiro atoms.